The Morgan fingerprint density at radius 2 is 1.81 bits per heavy atom. The molecule has 0 atom stereocenters. The van der Waals surface area contributed by atoms with E-state index < -0.39 is 0 Å². The second kappa shape index (κ2) is 6.92. The van der Waals surface area contributed by atoms with Gasteiger partial charge in [-0.1, -0.05) is 54.2 Å². The Bertz CT molecular complexity index is 1270. The van der Waals surface area contributed by atoms with Crippen molar-refractivity contribution in [2.75, 3.05) is 0 Å². The molecule has 0 aliphatic carbocycles. The summed E-state index contributed by atoms with van der Waals surface area (Å²) in [6.45, 7) is 0. The lowest BCUT2D eigenvalue weighted by molar-refractivity contribution is 1.04. The van der Waals surface area contributed by atoms with Crippen LogP contribution in [0, 0.1) is 0 Å². The summed E-state index contributed by atoms with van der Waals surface area (Å²) in [5, 5.41) is 2.67. The van der Waals surface area contributed by atoms with E-state index >= 15 is 0 Å². The summed E-state index contributed by atoms with van der Waals surface area (Å²) in [5.41, 5.74) is 2.90. The maximum atomic E-state index is 12.7. The quantitative estimate of drug-likeness (QED) is 0.397. The number of thiophene rings is 1. The van der Waals surface area contributed by atoms with Crippen molar-refractivity contribution in [1.29, 1.82) is 0 Å². The Morgan fingerprint density at radius 1 is 1.00 bits per heavy atom. The Labute approximate surface area is 166 Å². The van der Waals surface area contributed by atoms with Crippen molar-refractivity contribution >= 4 is 54.9 Å². The van der Waals surface area contributed by atoms with E-state index in [1.165, 1.54) is 16.0 Å². The van der Waals surface area contributed by atoms with Crippen molar-refractivity contribution in [3.8, 4) is 11.1 Å². The van der Waals surface area contributed by atoms with Crippen LogP contribution < -0.4 is 5.56 Å². The monoisotopic (exact) mass is 407 g/mol. The molecule has 3 aromatic heterocycles. The highest BCUT2D eigenvalue weighted by Crippen LogP contribution is 2.33. The van der Waals surface area contributed by atoms with E-state index in [-0.39, 0.29) is 5.56 Å². The zero-order chi connectivity index (χ0) is 18.2. The smallest absolute Gasteiger partial charge is 0.260 e. The van der Waals surface area contributed by atoms with Crippen molar-refractivity contribution in [3.05, 3.63) is 76.2 Å². The van der Waals surface area contributed by atoms with Crippen molar-refractivity contribution in [1.82, 2.24) is 15.0 Å². The average Bonchev–Trinajstić information content (AvgIpc) is 3.31. The van der Waals surface area contributed by atoms with Gasteiger partial charge in [0.05, 0.1) is 21.4 Å². The molecule has 132 valence electrons. The second-order valence-electron chi connectivity index (χ2n) is 5.94. The Balaban J connectivity index is 1.45. The predicted molar refractivity (Wildman–Crippen MR) is 115 cm³/mol. The lowest BCUT2D eigenvalue weighted by Crippen LogP contribution is -2.10. The van der Waals surface area contributed by atoms with Crippen LogP contribution in [-0.4, -0.2) is 15.0 Å². The largest absolute Gasteiger partial charge is 0.309 e. The van der Waals surface area contributed by atoms with Gasteiger partial charge in [0.15, 0.2) is 4.34 Å². The van der Waals surface area contributed by atoms with Gasteiger partial charge in [0.2, 0.25) is 0 Å². The van der Waals surface area contributed by atoms with Gasteiger partial charge in [0, 0.05) is 10.9 Å². The van der Waals surface area contributed by atoms with Gasteiger partial charge >= 0.3 is 0 Å². The molecule has 0 saturated heterocycles. The fourth-order valence-corrected chi connectivity index (χ4v) is 5.84. The van der Waals surface area contributed by atoms with Crippen LogP contribution in [0.4, 0.5) is 0 Å². The zero-order valence-corrected chi connectivity index (χ0v) is 16.5. The number of H-pyrrole nitrogens is 1. The van der Waals surface area contributed by atoms with E-state index in [1.54, 1.807) is 23.1 Å². The Morgan fingerprint density at radius 3 is 2.67 bits per heavy atom. The second-order valence-corrected chi connectivity index (χ2v) is 9.06. The minimum Gasteiger partial charge on any atom is -0.309 e. The van der Waals surface area contributed by atoms with Crippen LogP contribution >= 0.6 is 34.4 Å². The third-order valence-electron chi connectivity index (χ3n) is 4.18. The minimum absolute atomic E-state index is 0.0833. The number of benzene rings is 2. The van der Waals surface area contributed by atoms with E-state index in [9.17, 15) is 4.79 Å². The van der Waals surface area contributed by atoms with E-state index in [0.717, 1.165) is 25.8 Å². The molecule has 0 fully saturated rings. The van der Waals surface area contributed by atoms with Crippen LogP contribution in [0.5, 0.6) is 0 Å². The highest BCUT2D eigenvalue weighted by molar-refractivity contribution is 8.00. The number of nitrogens with zero attached hydrogens (tertiary/aromatic N) is 2. The first-order chi connectivity index (χ1) is 13.3. The number of hydrogen-bond acceptors (Lipinski definition) is 6. The van der Waals surface area contributed by atoms with Crippen molar-refractivity contribution in [3.63, 3.8) is 0 Å². The molecule has 1 N–H and O–H groups in total. The van der Waals surface area contributed by atoms with Crippen molar-refractivity contribution < 1.29 is 0 Å². The topological polar surface area (TPSA) is 58.6 Å². The number of para-hydroxylation sites is 1. The molecule has 4 nitrogen and oxygen atoms in total. The summed E-state index contributed by atoms with van der Waals surface area (Å²) in [6, 6.07) is 18.0. The Hall–Kier alpha value is -2.48. The summed E-state index contributed by atoms with van der Waals surface area (Å²) < 4.78 is 2.15. The summed E-state index contributed by atoms with van der Waals surface area (Å²) >= 11 is 4.77. The SMILES string of the molecule is O=c1[nH]c(CSc2nc3ccccc3s2)nc2scc(-c3ccccc3)c12. The van der Waals surface area contributed by atoms with E-state index in [2.05, 4.69) is 21.0 Å². The van der Waals surface area contributed by atoms with Gasteiger partial charge in [-0.3, -0.25) is 4.79 Å². The third-order valence-corrected chi connectivity index (χ3v) is 7.25. The summed E-state index contributed by atoms with van der Waals surface area (Å²) in [7, 11) is 0. The van der Waals surface area contributed by atoms with Crippen LogP contribution in [0.15, 0.2) is 69.1 Å². The zero-order valence-electron chi connectivity index (χ0n) is 14.0. The van der Waals surface area contributed by atoms with Crippen LogP contribution in [0.2, 0.25) is 0 Å². The molecule has 7 heteroatoms. The number of nitrogens with one attached hydrogen (secondary N) is 1. The van der Waals surface area contributed by atoms with Crippen LogP contribution in [0.25, 0.3) is 31.6 Å². The van der Waals surface area contributed by atoms with E-state index in [4.69, 9.17) is 0 Å². The predicted octanol–water partition coefficient (Wildman–Crippen LogP) is 5.55. The average molecular weight is 408 g/mol. The molecule has 0 aliphatic rings. The number of rotatable bonds is 4. The number of thioether (sulfide) groups is 1. The number of hydrogen-bond donors (Lipinski definition) is 1. The third kappa shape index (κ3) is 3.18. The lowest BCUT2D eigenvalue weighted by Gasteiger charge is -2.01. The van der Waals surface area contributed by atoms with Gasteiger partial charge in [-0.2, -0.15) is 0 Å². The molecule has 0 aliphatic heterocycles. The first kappa shape index (κ1) is 16.7. The lowest BCUT2D eigenvalue weighted by atomic mass is 10.1. The standard InChI is InChI=1S/C20H13N3OS3/c24-18-17-13(12-6-2-1-3-7-12)10-25-19(17)23-16(22-18)11-26-20-21-14-8-4-5-9-15(14)27-20/h1-10H,11H2,(H,22,23,24). The maximum Gasteiger partial charge on any atom is 0.260 e. The van der Waals surface area contributed by atoms with Crippen LogP contribution in [0.1, 0.15) is 5.82 Å². The molecule has 0 radical (unpaired) electrons. The number of aromatic nitrogens is 3. The van der Waals surface area contributed by atoms with Crippen LogP contribution in [-0.2, 0) is 5.75 Å². The Kier molecular flexibility index (Phi) is 4.27. The van der Waals surface area contributed by atoms with Crippen molar-refractivity contribution in [2.24, 2.45) is 0 Å². The minimum atomic E-state index is -0.0833. The van der Waals surface area contributed by atoms with Crippen molar-refractivity contribution in [2.45, 2.75) is 10.1 Å². The molecule has 0 unspecified atom stereocenters. The molecule has 0 saturated carbocycles. The van der Waals surface area contributed by atoms with E-state index in [1.807, 2.05) is 53.9 Å². The van der Waals surface area contributed by atoms with Crippen LogP contribution in [0.3, 0.4) is 0 Å². The molecule has 3 heterocycles. The summed E-state index contributed by atoms with van der Waals surface area (Å²) in [4.78, 5) is 25.7. The molecule has 5 aromatic rings. The highest BCUT2D eigenvalue weighted by Gasteiger charge is 2.13. The van der Waals surface area contributed by atoms with Gasteiger partial charge in [0.25, 0.3) is 5.56 Å². The summed E-state index contributed by atoms with van der Waals surface area (Å²) in [5.74, 6) is 1.27. The highest BCUT2D eigenvalue weighted by atomic mass is 32.2. The number of fused-ring (bicyclic) bond motifs is 2. The number of aromatic amines is 1. The van der Waals surface area contributed by atoms with Gasteiger partial charge in [-0.15, -0.1) is 22.7 Å². The molecule has 2 aromatic carbocycles. The van der Waals surface area contributed by atoms with Gasteiger partial charge in [0.1, 0.15) is 10.7 Å². The van der Waals surface area contributed by atoms with Gasteiger partial charge in [-0.05, 0) is 17.7 Å². The molecule has 0 amide bonds. The maximum absolute atomic E-state index is 12.7. The van der Waals surface area contributed by atoms with E-state index in [0.29, 0.717) is 17.0 Å². The van der Waals surface area contributed by atoms with Gasteiger partial charge < -0.3 is 4.98 Å². The molecular formula is C20H13N3OS3. The molecule has 0 spiro atoms. The first-order valence-corrected chi connectivity index (χ1v) is 11.0. The fourth-order valence-electron chi connectivity index (χ4n) is 2.93. The first-order valence-electron chi connectivity index (χ1n) is 8.32. The summed E-state index contributed by atoms with van der Waals surface area (Å²) in [6.07, 6.45) is 0. The molecule has 27 heavy (non-hydrogen) atoms. The normalized spacial score (nSPS) is 11.4. The number of thiazole rings is 1. The molecule has 5 rings (SSSR count). The van der Waals surface area contributed by atoms with Gasteiger partial charge in [-0.25, -0.2) is 9.97 Å². The molecule has 0 bridgehead atoms. The molecular weight excluding hydrogens is 394 g/mol. The fraction of sp³-hybridized carbons (Fsp3) is 0.0500.